The van der Waals surface area contributed by atoms with Crippen LogP contribution in [0.3, 0.4) is 0 Å². The van der Waals surface area contributed by atoms with E-state index in [1.54, 1.807) is 23.4 Å². The van der Waals surface area contributed by atoms with E-state index in [0.717, 1.165) is 47.6 Å². The summed E-state index contributed by atoms with van der Waals surface area (Å²) in [7, 11) is -1.07. The van der Waals surface area contributed by atoms with Crippen LogP contribution < -0.4 is 0 Å². The van der Waals surface area contributed by atoms with E-state index in [2.05, 4.69) is 4.98 Å². The van der Waals surface area contributed by atoms with Crippen LogP contribution in [0.1, 0.15) is 43.9 Å². The largest absolute Gasteiger partial charge is 0.449 e. The molecule has 0 spiro atoms. The number of likely N-dealkylation sites (tertiary alicyclic amines) is 1. The number of carbonyl (C=O) groups excluding carboxylic acids is 1. The number of nitrogens with zero attached hydrogens (tertiary/aromatic N) is 3. The zero-order chi connectivity index (χ0) is 26.2. The fraction of sp³-hybridized carbons (Fsp3) is 0.423. The van der Waals surface area contributed by atoms with Crippen LogP contribution in [0.25, 0.3) is 11.3 Å². The molecule has 1 N–H and O–H groups in total. The summed E-state index contributed by atoms with van der Waals surface area (Å²) in [5.41, 5.74) is 1.57. The quantitative estimate of drug-likeness (QED) is 0.310. The van der Waals surface area contributed by atoms with Crippen LogP contribution in [0.4, 0.5) is 4.79 Å². The van der Waals surface area contributed by atoms with Gasteiger partial charge in [-0.2, -0.15) is 0 Å². The molecule has 1 atom stereocenters. The van der Waals surface area contributed by atoms with Gasteiger partial charge in [0.15, 0.2) is 11.0 Å². The Morgan fingerprint density at radius 1 is 1.19 bits per heavy atom. The fourth-order valence-electron chi connectivity index (χ4n) is 4.02. The van der Waals surface area contributed by atoms with Crippen molar-refractivity contribution in [3.63, 3.8) is 0 Å². The van der Waals surface area contributed by atoms with Crippen molar-refractivity contribution in [2.24, 2.45) is 0 Å². The van der Waals surface area contributed by atoms with Gasteiger partial charge in [0.25, 0.3) is 0 Å². The Kier molecular flexibility index (Phi) is 10.0. The summed E-state index contributed by atoms with van der Waals surface area (Å²) in [4.78, 5) is 24.1. The highest BCUT2D eigenvalue weighted by Gasteiger charge is 2.29. The summed E-state index contributed by atoms with van der Waals surface area (Å²) in [5.74, 6) is 0.703. The maximum Gasteiger partial charge on any atom is 0.409 e. The van der Waals surface area contributed by atoms with E-state index in [4.69, 9.17) is 30.8 Å². The van der Waals surface area contributed by atoms with Gasteiger partial charge < -0.3 is 19.2 Å². The van der Waals surface area contributed by atoms with Crippen molar-refractivity contribution in [1.29, 1.82) is 0 Å². The zero-order valence-corrected chi connectivity index (χ0v) is 23.0. The van der Waals surface area contributed by atoms with Gasteiger partial charge in [-0.1, -0.05) is 23.7 Å². The highest BCUT2D eigenvalue weighted by Crippen LogP contribution is 2.39. The number of aliphatic hydroxyl groups excluding tert-OH is 1. The number of unbranched alkanes of at least 4 members (excludes halogenated alkanes) is 2. The minimum absolute atomic E-state index is 0.0716. The number of rotatable bonds is 10. The Hall–Kier alpha value is -2.40. The van der Waals surface area contributed by atoms with E-state index >= 15 is 0 Å². The van der Waals surface area contributed by atoms with E-state index in [1.807, 2.05) is 30.3 Å². The average molecular weight is 564 g/mol. The molecule has 1 aliphatic rings. The summed E-state index contributed by atoms with van der Waals surface area (Å²) in [6.45, 7) is 1.66. The van der Waals surface area contributed by atoms with Crippen molar-refractivity contribution < 1.29 is 23.3 Å². The number of oxazole rings is 1. The van der Waals surface area contributed by atoms with Gasteiger partial charge in [0.2, 0.25) is 0 Å². The van der Waals surface area contributed by atoms with Crippen LogP contribution in [0.2, 0.25) is 5.02 Å². The smallest absolute Gasteiger partial charge is 0.409 e. The molecule has 3 heterocycles. The number of piperidine rings is 1. The summed E-state index contributed by atoms with van der Waals surface area (Å²) in [6, 6.07) is 11.1. The number of carbonyl (C=O) groups is 1. The zero-order valence-electron chi connectivity index (χ0n) is 20.6. The first kappa shape index (κ1) is 27.6. The Morgan fingerprint density at radius 2 is 1.95 bits per heavy atom. The minimum Gasteiger partial charge on any atom is -0.449 e. The van der Waals surface area contributed by atoms with Gasteiger partial charge in [0.1, 0.15) is 10.7 Å². The number of pyridine rings is 1. The molecule has 1 unspecified atom stereocenters. The molecular weight excluding hydrogens is 534 g/mol. The predicted octanol–water partition coefficient (Wildman–Crippen LogP) is 5.76. The number of hydrogen-bond acceptors (Lipinski definition) is 8. The van der Waals surface area contributed by atoms with Gasteiger partial charge in [-0.25, -0.2) is 14.8 Å². The van der Waals surface area contributed by atoms with Crippen LogP contribution in [-0.2, 0) is 15.5 Å². The number of benzene rings is 1. The van der Waals surface area contributed by atoms with Crippen molar-refractivity contribution in [3.05, 3.63) is 53.5 Å². The lowest BCUT2D eigenvalue weighted by Gasteiger charge is -2.29. The monoisotopic (exact) mass is 563 g/mol. The van der Waals surface area contributed by atoms with Gasteiger partial charge >= 0.3 is 6.09 Å². The number of aromatic nitrogens is 2. The van der Waals surface area contributed by atoms with Gasteiger partial charge in [-0.05, 0) is 68.1 Å². The normalized spacial score (nSPS) is 15.1. The number of ether oxygens (including phenoxy) is 1. The number of amides is 1. The molecule has 2 aromatic heterocycles. The molecule has 3 aromatic rings. The maximum absolute atomic E-state index is 12.4. The van der Waals surface area contributed by atoms with Crippen molar-refractivity contribution >= 4 is 40.3 Å². The number of aliphatic hydroxyl groups is 1. The van der Waals surface area contributed by atoms with E-state index in [-0.39, 0.29) is 18.6 Å². The first-order valence-corrected chi connectivity index (χ1v) is 15.0. The fourth-order valence-corrected chi connectivity index (χ4v) is 5.47. The third kappa shape index (κ3) is 7.56. The van der Waals surface area contributed by atoms with Gasteiger partial charge in [-0.15, -0.1) is 0 Å². The second-order valence-electron chi connectivity index (χ2n) is 8.74. The average Bonchev–Trinajstić information content (AvgIpc) is 3.33. The second kappa shape index (κ2) is 13.4. The Morgan fingerprint density at radius 3 is 2.59 bits per heavy atom. The molecule has 37 heavy (non-hydrogen) atoms. The highest BCUT2D eigenvalue weighted by molar-refractivity contribution is 7.99. The molecule has 8 nitrogen and oxygen atoms in total. The third-order valence-electron chi connectivity index (χ3n) is 6.10. The molecule has 1 aliphatic heterocycles. The topological polar surface area (TPSA) is 106 Å². The van der Waals surface area contributed by atoms with Gasteiger partial charge in [-0.3, -0.25) is 4.21 Å². The molecule has 0 bridgehead atoms. The Bertz CT molecular complexity index is 1200. The molecule has 0 aliphatic carbocycles. The molecule has 1 aromatic carbocycles. The van der Waals surface area contributed by atoms with Crippen LogP contribution in [0, 0.1) is 0 Å². The molecule has 1 saturated heterocycles. The lowest BCUT2D eigenvalue weighted by Crippen LogP contribution is -2.38. The minimum atomic E-state index is -1.07. The first-order chi connectivity index (χ1) is 17.9. The summed E-state index contributed by atoms with van der Waals surface area (Å²) < 4.78 is 23.5. The number of hydrogen-bond donors (Lipinski definition) is 1. The van der Waals surface area contributed by atoms with E-state index in [1.165, 1.54) is 11.8 Å². The highest BCUT2D eigenvalue weighted by atomic mass is 35.5. The lowest BCUT2D eigenvalue weighted by atomic mass is 9.97. The molecule has 1 amide bonds. The van der Waals surface area contributed by atoms with E-state index in [0.29, 0.717) is 41.4 Å². The Balaban J connectivity index is 1.46. The van der Waals surface area contributed by atoms with Crippen LogP contribution >= 0.6 is 23.4 Å². The molecule has 11 heteroatoms. The van der Waals surface area contributed by atoms with Crippen molar-refractivity contribution in [2.45, 2.75) is 53.0 Å². The van der Waals surface area contributed by atoms with Crippen molar-refractivity contribution in [1.82, 2.24) is 14.9 Å². The lowest BCUT2D eigenvalue weighted by molar-refractivity contribution is 0.0891. The number of halogens is 1. The van der Waals surface area contributed by atoms with Crippen LogP contribution in [0.5, 0.6) is 0 Å². The van der Waals surface area contributed by atoms with Gasteiger partial charge in [0, 0.05) is 59.3 Å². The third-order valence-corrected chi connectivity index (χ3v) is 8.17. The van der Waals surface area contributed by atoms with Crippen molar-refractivity contribution in [3.8, 4) is 11.3 Å². The molecule has 4 rings (SSSR count). The second-order valence-corrected chi connectivity index (χ2v) is 11.6. The molecule has 1 fully saturated rings. The van der Waals surface area contributed by atoms with Crippen LogP contribution in [0.15, 0.2) is 62.0 Å². The molecule has 198 valence electrons. The SMILES string of the molecule is CS(=O)c1ccc(-c2nc(C3CCN(C(=O)OCCCCCO)CC3)oc2Sc2ccc(Cl)cn2)cc1. The molecule has 0 radical (unpaired) electrons. The summed E-state index contributed by atoms with van der Waals surface area (Å²) >= 11 is 7.37. The summed E-state index contributed by atoms with van der Waals surface area (Å²) in [5, 5.41) is 10.8. The maximum atomic E-state index is 12.4. The van der Waals surface area contributed by atoms with Crippen LogP contribution in [-0.4, -0.2) is 62.8 Å². The van der Waals surface area contributed by atoms with E-state index in [9.17, 15) is 9.00 Å². The molecular formula is C26H30ClN3O5S2. The predicted molar refractivity (Wildman–Crippen MR) is 143 cm³/mol. The summed E-state index contributed by atoms with van der Waals surface area (Å²) in [6.07, 6.45) is 6.69. The van der Waals surface area contributed by atoms with E-state index < -0.39 is 10.8 Å². The molecule has 0 saturated carbocycles. The van der Waals surface area contributed by atoms with Gasteiger partial charge in [0.05, 0.1) is 11.6 Å². The Labute approximate surface area is 228 Å². The first-order valence-electron chi connectivity index (χ1n) is 12.2. The van der Waals surface area contributed by atoms with Crippen molar-refractivity contribution in [2.75, 3.05) is 32.6 Å². The standard InChI is InChI=1S/C26H30ClN3O5S2/c1-37(33)21-8-5-18(6-9-21)23-25(36-22-10-7-20(27)17-28-22)35-24(29-23)19-11-13-30(14-12-19)26(32)34-16-4-2-3-15-31/h5-10,17,19,31H,2-4,11-16H2,1H3.